The van der Waals surface area contributed by atoms with Crippen LogP contribution in [0.1, 0.15) is 0 Å². The first-order valence-electron chi connectivity index (χ1n) is 14.0. The van der Waals surface area contributed by atoms with Gasteiger partial charge in [0.2, 0.25) is 0 Å². The Labute approximate surface area is 237 Å². The summed E-state index contributed by atoms with van der Waals surface area (Å²) >= 11 is 0. The fourth-order valence-corrected chi connectivity index (χ4v) is 5.25. The van der Waals surface area contributed by atoms with E-state index in [1.807, 2.05) is 24.3 Å². The molecule has 0 N–H and O–H groups in total. The predicted octanol–water partition coefficient (Wildman–Crippen LogP) is 8.16. The highest BCUT2D eigenvalue weighted by atomic mass is 16.6. The number of rotatable bonds is 9. The lowest BCUT2D eigenvalue weighted by Gasteiger charge is -2.12. The van der Waals surface area contributed by atoms with Gasteiger partial charge in [-0.2, -0.15) is 0 Å². The summed E-state index contributed by atoms with van der Waals surface area (Å²) in [5.74, 6) is 3.28. The zero-order valence-corrected chi connectivity index (χ0v) is 22.4. The summed E-state index contributed by atoms with van der Waals surface area (Å²) in [6.45, 7) is 2.76. The Kier molecular flexibility index (Phi) is 5.98. The van der Waals surface area contributed by atoms with Gasteiger partial charge < -0.3 is 23.7 Å². The molecule has 0 spiro atoms. The van der Waals surface area contributed by atoms with Crippen LogP contribution in [0.3, 0.4) is 0 Å². The molecule has 6 aromatic carbocycles. The summed E-state index contributed by atoms with van der Waals surface area (Å²) in [6, 6.07) is 37.8. The summed E-state index contributed by atoms with van der Waals surface area (Å²) in [7, 11) is 0. The SMILES string of the molecule is c1cc(-c2ccc3ccc(OCC4CO4)cc3c2)c2cc(Oc3ccc4ccc(OCC5CO5)cc4c3)ccc2c1. The topological polar surface area (TPSA) is 52.8 Å². The van der Waals surface area contributed by atoms with Gasteiger partial charge in [0.25, 0.3) is 0 Å². The van der Waals surface area contributed by atoms with Gasteiger partial charge in [-0.3, -0.25) is 0 Å². The Morgan fingerprint density at radius 2 is 1.05 bits per heavy atom. The first kappa shape index (κ1) is 24.2. The van der Waals surface area contributed by atoms with E-state index in [1.54, 1.807) is 0 Å². The van der Waals surface area contributed by atoms with Crippen molar-refractivity contribution in [1.29, 1.82) is 0 Å². The molecule has 0 aromatic heterocycles. The first-order valence-corrected chi connectivity index (χ1v) is 14.0. The molecule has 2 fully saturated rings. The minimum Gasteiger partial charge on any atom is -0.491 e. The predicted molar refractivity (Wildman–Crippen MR) is 161 cm³/mol. The number of fused-ring (bicyclic) bond motifs is 3. The van der Waals surface area contributed by atoms with Gasteiger partial charge in [-0.25, -0.2) is 0 Å². The summed E-state index contributed by atoms with van der Waals surface area (Å²) in [6.07, 6.45) is 0.462. The second kappa shape index (κ2) is 10.1. The van der Waals surface area contributed by atoms with Gasteiger partial charge in [-0.15, -0.1) is 0 Å². The fourth-order valence-electron chi connectivity index (χ4n) is 5.25. The van der Waals surface area contributed by atoms with Crippen LogP contribution in [0.5, 0.6) is 23.0 Å². The molecule has 0 amide bonds. The zero-order chi connectivity index (χ0) is 27.2. The highest BCUT2D eigenvalue weighted by Gasteiger charge is 2.23. The maximum atomic E-state index is 6.38. The van der Waals surface area contributed by atoms with Gasteiger partial charge in [0.15, 0.2) is 0 Å². The van der Waals surface area contributed by atoms with Crippen LogP contribution in [-0.2, 0) is 9.47 Å². The molecule has 8 rings (SSSR count). The molecule has 6 aromatic rings. The maximum absolute atomic E-state index is 6.38. The molecule has 2 atom stereocenters. The molecule has 5 nitrogen and oxygen atoms in total. The van der Waals surface area contributed by atoms with Crippen LogP contribution < -0.4 is 14.2 Å². The van der Waals surface area contributed by atoms with Crippen LogP contribution in [-0.4, -0.2) is 38.6 Å². The quantitative estimate of drug-likeness (QED) is 0.173. The molecule has 2 heterocycles. The third-order valence-corrected chi connectivity index (χ3v) is 7.67. The van der Waals surface area contributed by atoms with E-state index in [2.05, 4.69) is 84.9 Å². The zero-order valence-electron chi connectivity index (χ0n) is 22.4. The van der Waals surface area contributed by atoms with Gasteiger partial charge in [0, 0.05) is 0 Å². The van der Waals surface area contributed by atoms with Crippen molar-refractivity contribution in [3.05, 3.63) is 109 Å². The minimum atomic E-state index is 0.228. The van der Waals surface area contributed by atoms with Gasteiger partial charge in [0.1, 0.15) is 48.4 Å². The van der Waals surface area contributed by atoms with Crippen LogP contribution in [0.4, 0.5) is 0 Å². The van der Waals surface area contributed by atoms with Crippen LogP contribution in [0, 0.1) is 0 Å². The van der Waals surface area contributed by atoms with E-state index in [1.165, 1.54) is 5.39 Å². The van der Waals surface area contributed by atoms with E-state index in [9.17, 15) is 0 Å². The normalized spacial score (nSPS) is 17.6. The van der Waals surface area contributed by atoms with E-state index < -0.39 is 0 Å². The van der Waals surface area contributed by atoms with Gasteiger partial charge in [-0.05, 0) is 98.0 Å². The molecule has 202 valence electrons. The van der Waals surface area contributed by atoms with Gasteiger partial charge in [0.05, 0.1) is 13.2 Å². The summed E-state index contributed by atoms with van der Waals surface area (Å²) < 4.78 is 28.7. The molecule has 0 saturated carbocycles. The average molecular weight is 541 g/mol. The minimum absolute atomic E-state index is 0.228. The van der Waals surface area contributed by atoms with E-state index >= 15 is 0 Å². The Bertz CT molecular complexity index is 1900. The lowest BCUT2D eigenvalue weighted by molar-refractivity contribution is 0.263. The summed E-state index contributed by atoms with van der Waals surface area (Å²) in [4.78, 5) is 0. The van der Waals surface area contributed by atoms with Crippen LogP contribution in [0.15, 0.2) is 109 Å². The smallest absolute Gasteiger partial charge is 0.128 e. The highest BCUT2D eigenvalue weighted by molar-refractivity contribution is 6.00. The standard InChI is InChI=1S/C36H28O5/c1-2-25-9-13-32(41-31-12-8-24-7-11-30(16-28(24)17-31)38-20-34-22-40-34)18-36(25)35(3-1)26-5-4-23-6-10-29(15-27(23)14-26)37-19-33-21-39-33/h1-18,33-34H,19-22H2. The molecular formula is C36H28O5. The summed E-state index contributed by atoms with van der Waals surface area (Å²) in [5.41, 5.74) is 2.31. The number of hydrogen-bond donors (Lipinski definition) is 0. The molecule has 0 bridgehead atoms. The molecule has 0 radical (unpaired) electrons. The third-order valence-electron chi connectivity index (χ3n) is 7.67. The molecule has 2 aliphatic rings. The van der Waals surface area contributed by atoms with Crippen molar-refractivity contribution in [1.82, 2.24) is 0 Å². The lowest BCUT2D eigenvalue weighted by atomic mass is 9.96. The number of ether oxygens (including phenoxy) is 5. The van der Waals surface area contributed by atoms with Gasteiger partial charge in [-0.1, -0.05) is 54.6 Å². The average Bonchev–Trinajstić information content (AvgIpc) is 3.94. The fraction of sp³-hybridized carbons (Fsp3) is 0.167. The third kappa shape index (κ3) is 5.30. The number of hydrogen-bond acceptors (Lipinski definition) is 5. The lowest BCUT2D eigenvalue weighted by Crippen LogP contribution is -2.03. The van der Waals surface area contributed by atoms with Crippen molar-refractivity contribution in [2.24, 2.45) is 0 Å². The monoisotopic (exact) mass is 540 g/mol. The Hall–Kier alpha value is -4.58. The molecule has 41 heavy (non-hydrogen) atoms. The largest absolute Gasteiger partial charge is 0.491 e. The van der Waals surface area contributed by atoms with Crippen molar-refractivity contribution in [2.45, 2.75) is 12.2 Å². The van der Waals surface area contributed by atoms with Crippen molar-refractivity contribution in [3.63, 3.8) is 0 Å². The molecule has 0 aliphatic carbocycles. The van der Waals surface area contributed by atoms with E-state index in [0.717, 1.165) is 74.3 Å². The van der Waals surface area contributed by atoms with Gasteiger partial charge >= 0.3 is 0 Å². The molecular weight excluding hydrogens is 512 g/mol. The van der Waals surface area contributed by atoms with E-state index in [-0.39, 0.29) is 12.2 Å². The van der Waals surface area contributed by atoms with Crippen LogP contribution >= 0.6 is 0 Å². The van der Waals surface area contributed by atoms with Crippen molar-refractivity contribution in [2.75, 3.05) is 26.4 Å². The Balaban J connectivity index is 1.09. The molecule has 2 saturated heterocycles. The van der Waals surface area contributed by atoms with Crippen molar-refractivity contribution >= 4 is 32.3 Å². The molecule has 2 aliphatic heterocycles. The summed E-state index contributed by atoms with van der Waals surface area (Å²) in [5, 5.41) is 6.84. The van der Waals surface area contributed by atoms with Crippen LogP contribution in [0.25, 0.3) is 43.4 Å². The number of epoxide rings is 2. The van der Waals surface area contributed by atoms with Crippen molar-refractivity contribution < 1.29 is 23.7 Å². The second-order valence-corrected chi connectivity index (χ2v) is 10.7. The highest BCUT2D eigenvalue weighted by Crippen LogP contribution is 2.36. The molecule has 5 heteroatoms. The Morgan fingerprint density at radius 3 is 1.71 bits per heavy atom. The number of benzene rings is 6. The van der Waals surface area contributed by atoms with E-state index in [4.69, 9.17) is 23.7 Å². The van der Waals surface area contributed by atoms with Crippen LogP contribution in [0.2, 0.25) is 0 Å². The first-order chi connectivity index (χ1) is 20.2. The van der Waals surface area contributed by atoms with E-state index in [0.29, 0.717) is 13.2 Å². The van der Waals surface area contributed by atoms with Crippen molar-refractivity contribution in [3.8, 4) is 34.1 Å². The molecule has 2 unspecified atom stereocenters. The maximum Gasteiger partial charge on any atom is 0.128 e. The second-order valence-electron chi connectivity index (χ2n) is 10.7. The Morgan fingerprint density at radius 1 is 0.512 bits per heavy atom.